The molecule has 0 aromatic heterocycles. The summed E-state index contributed by atoms with van der Waals surface area (Å²) in [6.07, 6.45) is -5.18. The van der Waals surface area contributed by atoms with E-state index in [1.54, 1.807) is 49.4 Å². The molecule has 2 aromatic carbocycles. The van der Waals surface area contributed by atoms with E-state index in [-0.39, 0.29) is 25.7 Å². The van der Waals surface area contributed by atoms with Crippen LogP contribution in [0.5, 0.6) is 0 Å². The zero-order chi connectivity index (χ0) is 27.8. The number of piperidine rings is 1. The number of carbonyl (C=O) groups is 2. The molecule has 5 nitrogen and oxygen atoms in total. The standard InChI is InChI=1S/C28H30Cl2F3NO4/c1-2-22(15-27(38,19-8-9-19)28(31,32)33)34-25(16-6-10-20(29)11-7-16)23(17-4-3-5-21(30)12-17)13-18(26(34)37)14-24(35)36/h3-7,10-12,18-19,22-23,25,38H,2,8-9,13-15H2,1H3,(H,35,36)/t18-,22?,23-,25?,27?/m1/s1. The Balaban J connectivity index is 1.86. The van der Waals surface area contributed by atoms with E-state index in [1.807, 2.05) is 6.07 Å². The lowest BCUT2D eigenvalue weighted by Gasteiger charge is -2.49. The molecule has 1 saturated heterocycles. The molecule has 2 aliphatic rings. The van der Waals surface area contributed by atoms with E-state index in [1.165, 1.54) is 4.90 Å². The SMILES string of the molecule is CCC(CC(O)(C1CC1)C(F)(F)F)N1C(=O)[C@@H](CC(=O)O)C[C@H](c2cccc(Cl)c2)C1c1ccc(Cl)cc1. The Labute approximate surface area is 229 Å². The number of nitrogens with zero attached hydrogens (tertiary/aromatic N) is 1. The van der Waals surface area contributed by atoms with Crippen molar-refractivity contribution in [2.24, 2.45) is 11.8 Å². The van der Waals surface area contributed by atoms with Crippen molar-refractivity contribution in [2.75, 3.05) is 0 Å². The number of rotatable bonds is 9. The van der Waals surface area contributed by atoms with Gasteiger partial charge in [0.1, 0.15) is 0 Å². The summed E-state index contributed by atoms with van der Waals surface area (Å²) in [6, 6.07) is 12.0. The maximum absolute atomic E-state index is 14.2. The normalized spacial score (nSPS) is 24.7. The van der Waals surface area contributed by atoms with E-state index in [9.17, 15) is 33.0 Å². The lowest BCUT2D eigenvalue weighted by Crippen LogP contribution is -2.57. The first kappa shape index (κ1) is 28.7. The third-order valence-electron chi connectivity index (χ3n) is 7.89. The Bertz CT molecular complexity index is 1170. The van der Waals surface area contributed by atoms with Gasteiger partial charge in [0, 0.05) is 34.3 Å². The molecule has 2 fully saturated rings. The minimum absolute atomic E-state index is 0.142. The number of halogens is 5. The average molecular weight is 572 g/mol. The Morgan fingerprint density at radius 3 is 2.26 bits per heavy atom. The highest BCUT2D eigenvalue weighted by atomic mass is 35.5. The van der Waals surface area contributed by atoms with Gasteiger partial charge in [-0.3, -0.25) is 9.59 Å². The monoisotopic (exact) mass is 571 g/mol. The first-order valence-corrected chi connectivity index (χ1v) is 13.4. The van der Waals surface area contributed by atoms with Crippen LogP contribution in [0.25, 0.3) is 0 Å². The molecule has 4 rings (SSSR count). The van der Waals surface area contributed by atoms with Crippen LogP contribution in [0.1, 0.15) is 68.5 Å². The van der Waals surface area contributed by atoms with Crippen LogP contribution in [0, 0.1) is 11.8 Å². The number of amides is 1. The first-order valence-electron chi connectivity index (χ1n) is 12.7. The molecule has 3 unspecified atom stereocenters. The van der Waals surface area contributed by atoms with Crippen molar-refractivity contribution >= 4 is 35.1 Å². The summed E-state index contributed by atoms with van der Waals surface area (Å²) < 4.78 is 42.6. The van der Waals surface area contributed by atoms with Crippen LogP contribution in [0.3, 0.4) is 0 Å². The Morgan fingerprint density at radius 1 is 1.08 bits per heavy atom. The fourth-order valence-electron chi connectivity index (χ4n) is 5.85. The molecule has 0 radical (unpaired) electrons. The lowest BCUT2D eigenvalue weighted by molar-refractivity contribution is -0.275. The van der Waals surface area contributed by atoms with Gasteiger partial charge in [-0.1, -0.05) is 54.4 Å². The zero-order valence-corrected chi connectivity index (χ0v) is 22.3. The van der Waals surface area contributed by atoms with Gasteiger partial charge in [-0.2, -0.15) is 13.2 Å². The minimum Gasteiger partial charge on any atom is -0.481 e. The van der Waals surface area contributed by atoms with Gasteiger partial charge >= 0.3 is 12.1 Å². The zero-order valence-electron chi connectivity index (χ0n) is 20.8. The Kier molecular flexibility index (Phi) is 8.36. The second kappa shape index (κ2) is 11.1. The average Bonchev–Trinajstić information content (AvgIpc) is 3.69. The lowest BCUT2D eigenvalue weighted by atomic mass is 9.73. The van der Waals surface area contributed by atoms with Crippen LogP contribution in [0.15, 0.2) is 48.5 Å². The van der Waals surface area contributed by atoms with Crippen LogP contribution in [0.2, 0.25) is 10.0 Å². The molecule has 206 valence electrons. The van der Waals surface area contributed by atoms with Crippen molar-refractivity contribution in [3.8, 4) is 0 Å². The minimum atomic E-state index is -4.87. The highest BCUT2D eigenvalue weighted by Gasteiger charge is 2.63. The summed E-state index contributed by atoms with van der Waals surface area (Å²) in [6.45, 7) is 1.68. The van der Waals surface area contributed by atoms with Crippen molar-refractivity contribution in [2.45, 2.75) is 75.2 Å². The maximum atomic E-state index is 14.2. The number of alkyl halides is 3. The number of aliphatic carboxylic acids is 1. The molecule has 2 aromatic rings. The summed E-state index contributed by atoms with van der Waals surface area (Å²) in [4.78, 5) is 27.0. The Hall–Kier alpha value is -2.29. The molecule has 2 N–H and O–H groups in total. The van der Waals surface area contributed by atoms with Gasteiger partial charge in [0.25, 0.3) is 0 Å². The predicted molar refractivity (Wildman–Crippen MR) is 138 cm³/mol. The van der Waals surface area contributed by atoms with Gasteiger partial charge < -0.3 is 15.1 Å². The summed E-state index contributed by atoms with van der Waals surface area (Å²) in [5, 5.41) is 21.4. The van der Waals surface area contributed by atoms with E-state index in [0.717, 1.165) is 5.56 Å². The molecule has 1 amide bonds. The maximum Gasteiger partial charge on any atom is 0.417 e. The van der Waals surface area contributed by atoms with Crippen LogP contribution in [0.4, 0.5) is 13.2 Å². The van der Waals surface area contributed by atoms with Crippen molar-refractivity contribution in [1.29, 1.82) is 0 Å². The van der Waals surface area contributed by atoms with Crippen LogP contribution in [-0.4, -0.2) is 44.8 Å². The van der Waals surface area contributed by atoms with Gasteiger partial charge in [-0.05, 0) is 67.0 Å². The Morgan fingerprint density at radius 2 is 1.74 bits per heavy atom. The van der Waals surface area contributed by atoms with Gasteiger partial charge in [0.05, 0.1) is 12.5 Å². The molecule has 10 heteroatoms. The van der Waals surface area contributed by atoms with E-state index < -0.39 is 66.3 Å². The highest BCUT2D eigenvalue weighted by Crippen LogP contribution is 2.53. The number of hydrogen-bond acceptors (Lipinski definition) is 3. The molecule has 1 saturated carbocycles. The summed E-state index contributed by atoms with van der Waals surface area (Å²) in [5.41, 5.74) is -1.54. The molecule has 5 atom stereocenters. The fourth-order valence-corrected chi connectivity index (χ4v) is 6.17. The molecule has 1 aliphatic carbocycles. The van der Waals surface area contributed by atoms with Crippen molar-refractivity contribution in [3.05, 3.63) is 69.7 Å². The molecular formula is C28H30Cl2F3NO4. The summed E-state index contributed by atoms with van der Waals surface area (Å²) >= 11 is 12.4. The number of carboxylic acids is 1. The van der Waals surface area contributed by atoms with E-state index in [0.29, 0.717) is 15.6 Å². The number of carbonyl (C=O) groups excluding carboxylic acids is 1. The fraction of sp³-hybridized carbons (Fsp3) is 0.500. The number of hydrogen-bond donors (Lipinski definition) is 2. The van der Waals surface area contributed by atoms with Crippen LogP contribution >= 0.6 is 23.2 Å². The predicted octanol–water partition coefficient (Wildman–Crippen LogP) is 7.01. The second-order valence-electron chi connectivity index (χ2n) is 10.4. The molecule has 1 aliphatic heterocycles. The van der Waals surface area contributed by atoms with Crippen LogP contribution in [-0.2, 0) is 9.59 Å². The van der Waals surface area contributed by atoms with Crippen LogP contribution < -0.4 is 0 Å². The second-order valence-corrected chi connectivity index (χ2v) is 11.3. The molecule has 0 spiro atoms. The summed E-state index contributed by atoms with van der Waals surface area (Å²) in [5.74, 6) is -4.03. The number of carboxylic acid groups (broad SMARTS) is 1. The third kappa shape index (κ3) is 5.82. The largest absolute Gasteiger partial charge is 0.481 e. The van der Waals surface area contributed by atoms with Crippen molar-refractivity contribution in [3.63, 3.8) is 0 Å². The van der Waals surface area contributed by atoms with Gasteiger partial charge in [-0.15, -0.1) is 0 Å². The number of likely N-dealkylation sites (tertiary alicyclic amines) is 1. The van der Waals surface area contributed by atoms with Gasteiger partial charge in [-0.25, -0.2) is 0 Å². The summed E-state index contributed by atoms with van der Waals surface area (Å²) in [7, 11) is 0. The van der Waals surface area contributed by atoms with Gasteiger partial charge in [0.2, 0.25) is 5.91 Å². The molecule has 1 heterocycles. The topological polar surface area (TPSA) is 77.8 Å². The number of aliphatic hydroxyl groups is 1. The molecular weight excluding hydrogens is 542 g/mol. The van der Waals surface area contributed by atoms with Crippen molar-refractivity contribution in [1.82, 2.24) is 4.90 Å². The highest BCUT2D eigenvalue weighted by molar-refractivity contribution is 6.30. The van der Waals surface area contributed by atoms with E-state index in [2.05, 4.69) is 0 Å². The van der Waals surface area contributed by atoms with Crippen molar-refractivity contribution < 1.29 is 33.0 Å². The quantitative estimate of drug-likeness (QED) is 0.339. The third-order valence-corrected chi connectivity index (χ3v) is 8.37. The van der Waals surface area contributed by atoms with Gasteiger partial charge in [0.15, 0.2) is 5.60 Å². The smallest absolute Gasteiger partial charge is 0.417 e. The molecule has 0 bridgehead atoms. The van der Waals surface area contributed by atoms with E-state index >= 15 is 0 Å². The first-order chi connectivity index (χ1) is 17.9. The van der Waals surface area contributed by atoms with E-state index in [4.69, 9.17) is 23.2 Å². The number of benzene rings is 2. The molecule has 38 heavy (non-hydrogen) atoms.